The highest BCUT2D eigenvalue weighted by molar-refractivity contribution is 5.84. The fourth-order valence-corrected chi connectivity index (χ4v) is 4.19. The molecule has 2 aromatic rings. The third kappa shape index (κ3) is 4.22. The Hall–Kier alpha value is -2.33. The van der Waals surface area contributed by atoms with Crippen molar-refractivity contribution in [3.8, 4) is 5.75 Å². The molecule has 3 rings (SSSR count). The van der Waals surface area contributed by atoms with Crippen LogP contribution in [-0.4, -0.2) is 42.6 Å². The number of benzene rings is 2. The Morgan fingerprint density at radius 3 is 2.39 bits per heavy atom. The van der Waals surface area contributed by atoms with Gasteiger partial charge in [0.2, 0.25) is 5.91 Å². The average molecular weight is 381 g/mol. The molecule has 1 saturated carbocycles. The molecule has 0 aliphatic heterocycles. The van der Waals surface area contributed by atoms with Crippen LogP contribution >= 0.6 is 0 Å². The van der Waals surface area contributed by atoms with Crippen molar-refractivity contribution in [2.24, 2.45) is 5.92 Å². The smallest absolute Gasteiger partial charge is 0.224 e. The maximum absolute atomic E-state index is 12.8. The molecule has 0 aromatic heterocycles. The predicted molar refractivity (Wildman–Crippen MR) is 114 cm³/mol. The molecule has 4 heteroatoms. The van der Waals surface area contributed by atoms with Gasteiger partial charge in [-0.2, -0.15) is 0 Å². The molecule has 0 unspecified atom stereocenters. The number of carbonyl (C=O) groups is 1. The van der Waals surface area contributed by atoms with Crippen molar-refractivity contribution in [1.82, 2.24) is 10.2 Å². The van der Waals surface area contributed by atoms with Crippen LogP contribution in [-0.2, 0) is 16.6 Å². The number of rotatable bonds is 7. The first kappa shape index (κ1) is 20.4. The summed E-state index contributed by atoms with van der Waals surface area (Å²) in [6.45, 7) is 6.86. The normalized spacial score (nSPS) is 22.1. The first-order chi connectivity index (χ1) is 13.2. The summed E-state index contributed by atoms with van der Waals surface area (Å²) >= 11 is 0. The molecule has 150 valence electrons. The van der Waals surface area contributed by atoms with Crippen molar-refractivity contribution in [2.75, 3.05) is 20.6 Å². The van der Waals surface area contributed by atoms with Gasteiger partial charge in [0.25, 0.3) is 0 Å². The highest BCUT2D eigenvalue weighted by Gasteiger charge is 2.55. The fraction of sp³-hybridized carbons (Fsp3) is 0.458. The third-order valence-corrected chi connectivity index (χ3v) is 6.35. The molecule has 0 spiro atoms. The largest absolute Gasteiger partial charge is 0.508 e. The van der Waals surface area contributed by atoms with Gasteiger partial charge in [-0.3, -0.25) is 4.79 Å². The third-order valence-electron chi connectivity index (χ3n) is 6.35. The Morgan fingerprint density at radius 1 is 1.21 bits per heavy atom. The quantitative estimate of drug-likeness (QED) is 0.772. The Bertz CT molecular complexity index is 824. The SMILES string of the molecule is Cc1cc(O)cc(C)c1C[C@@H](CNC(=O)[C@@H]1C[C@@]1(C)c1ccccc1)N(C)C. The molecule has 0 radical (unpaired) electrons. The summed E-state index contributed by atoms with van der Waals surface area (Å²) in [4.78, 5) is 15.0. The molecule has 4 nitrogen and oxygen atoms in total. The maximum Gasteiger partial charge on any atom is 0.224 e. The summed E-state index contributed by atoms with van der Waals surface area (Å²) in [6, 6.07) is 14.1. The van der Waals surface area contributed by atoms with E-state index in [-0.39, 0.29) is 23.3 Å². The standard InChI is InChI=1S/C24H32N2O2/c1-16-11-20(27)12-17(2)21(16)13-19(26(4)5)15-25-23(28)22-14-24(22,3)18-9-7-6-8-10-18/h6-12,19,22,27H,13-15H2,1-5H3,(H,25,28)/t19-,22-,24-/m0/s1. The van der Waals surface area contributed by atoms with E-state index in [9.17, 15) is 9.90 Å². The van der Waals surface area contributed by atoms with E-state index in [1.165, 1.54) is 11.1 Å². The molecule has 28 heavy (non-hydrogen) atoms. The number of phenolic OH excluding ortho intramolecular Hbond substituents is 1. The lowest BCUT2D eigenvalue weighted by molar-refractivity contribution is -0.122. The van der Waals surface area contributed by atoms with Crippen molar-refractivity contribution in [2.45, 2.75) is 45.1 Å². The number of nitrogens with one attached hydrogen (secondary N) is 1. The Kier molecular flexibility index (Phi) is 5.80. The monoisotopic (exact) mass is 380 g/mol. The lowest BCUT2D eigenvalue weighted by Gasteiger charge is -2.26. The van der Waals surface area contributed by atoms with Crippen LogP contribution in [0, 0.1) is 19.8 Å². The molecule has 3 atom stereocenters. The van der Waals surface area contributed by atoms with Gasteiger partial charge in [-0.05, 0) is 75.2 Å². The zero-order valence-corrected chi connectivity index (χ0v) is 17.6. The summed E-state index contributed by atoms with van der Waals surface area (Å²) < 4.78 is 0. The number of carbonyl (C=O) groups excluding carboxylic acids is 1. The van der Waals surface area contributed by atoms with Crippen LogP contribution in [0.5, 0.6) is 5.75 Å². The molecule has 2 N–H and O–H groups in total. The maximum atomic E-state index is 12.8. The van der Waals surface area contributed by atoms with E-state index in [0.717, 1.165) is 24.0 Å². The van der Waals surface area contributed by atoms with Gasteiger partial charge < -0.3 is 15.3 Å². The van der Waals surface area contributed by atoms with Crippen LogP contribution in [0.25, 0.3) is 0 Å². The number of nitrogens with zero attached hydrogens (tertiary/aromatic N) is 1. The fourth-order valence-electron chi connectivity index (χ4n) is 4.19. The number of phenols is 1. The van der Waals surface area contributed by atoms with Gasteiger partial charge in [-0.15, -0.1) is 0 Å². The van der Waals surface area contributed by atoms with Crippen LogP contribution in [0.15, 0.2) is 42.5 Å². The van der Waals surface area contributed by atoms with Crippen LogP contribution in [0.2, 0.25) is 0 Å². The Morgan fingerprint density at radius 2 is 1.82 bits per heavy atom. The second-order valence-corrected chi connectivity index (χ2v) is 8.67. The minimum absolute atomic E-state index is 0.0386. The number of amides is 1. The van der Waals surface area contributed by atoms with E-state index in [1.54, 1.807) is 0 Å². The second-order valence-electron chi connectivity index (χ2n) is 8.67. The highest BCUT2D eigenvalue weighted by atomic mass is 16.3. The molecule has 1 amide bonds. The molecular weight excluding hydrogens is 348 g/mol. The van der Waals surface area contributed by atoms with Crippen LogP contribution in [0.3, 0.4) is 0 Å². The summed E-state index contributed by atoms with van der Waals surface area (Å²) in [7, 11) is 4.10. The summed E-state index contributed by atoms with van der Waals surface area (Å²) in [5, 5.41) is 13.0. The summed E-state index contributed by atoms with van der Waals surface area (Å²) in [5.74, 6) is 0.509. The van der Waals surface area contributed by atoms with Gasteiger partial charge in [0.15, 0.2) is 0 Å². The Balaban J connectivity index is 1.63. The molecule has 1 aliphatic carbocycles. The first-order valence-corrected chi connectivity index (χ1v) is 10.0. The number of aryl methyl sites for hydroxylation is 2. The lowest BCUT2D eigenvalue weighted by Crippen LogP contribution is -2.42. The molecule has 2 aromatic carbocycles. The van der Waals surface area contributed by atoms with Crippen molar-refractivity contribution in [3.05, 3.63) is 64.7 Å². The number of aromatic hydroxyl groups is 1. The molecule has 0 bridgehead atoms. The second kappa shape index (κ2) is 7.96. The predicted octanol–water partition coefficient (Wildman–Crippen LogP) is 3.58. The van der Waals surface area contributed by atoms with Crippen molar-refractivity contribution in [3.63, 3.8) is 0 Å². The Labute approximate surface area is 168 Å². The molecule has 1 aliphatic rings. The van der Waals surface area contributed by atoms with Crippen molar-refractivity contribution in [1.29, 1.82) is 0 Å². The minimum atomic E-state index is -0.0386. The van der Waals surface area contributed by atoms with Crippen molar-refractivity contribution >= 4 is 5.91 Å². The van der Waals surface area contributed by atoms with Gasteiger partial charge in [0.05, 0.1) is 0 Å². The van der Waals surface area contributed by atoms with Gasteiger partial charge in [0, 0.05) is 23.9 Å². The van der Waals surface area contributed by atoms with Crippen LogP contribution < -0.4 is 5.32 Å². The van der Waals surface area contributed by atoms with Crippen LogP contribution in [0.4, 0.5) is 0 Å². The van der Waals surface area contributed by atoms with E-state index < -0.39 is 0 Å². The molecule has 1 fully saturated rings. The molecule has 0 heterocycles. The first-order valence-electron chi connectivity index (χ1n) is 10.0. The zero-order chi connectivity index (χ0) is 20.5. The number of hydrogen-bond acceptors (Lipinski definition) is 3. The van der Waals surface area contributed by atoms with E-state index >= 15 is 0 Å². The highest BCUT2D eigenvalue weighted by Crippen LogP contribution is 2.53. The van der Waals surface area contributed by atoms with Gasteiger partial charge in [-0.1, -0.05) is 37.3 Å². The van der Waals surface area contributed by atoms with E-state index in [0.29, 0.717) is 12.3 Å². The summed E-state index contributed by atoms with van der Waals surface area (Å²) in [6.07, 6.45) is 1.75. The molecule has 0 saturated heterocycles. The van der Waals surface area contributed by atoms with E-state index in [1.807, 2.05) is 58.3 Å². The van der Waals surface area contributed by atoms with Gasteiger partial charge >= 0.3 is 0 Å². The van der Waals surface area contributed by atoms with Gasteiger partial charge in [0.1, 0.15) is 5.75 Å². The topological polar surface area (TPSA) is 52.6 Å². The average Bonchev–Trinajstić information content (AvgIpc) is 3.34. The number of hydrogen-bond donors (Lipinski definition) is 2. The minimum Gasteiger partial charge on any atom is -0.508 e. The van der Waals surface area contributed by atoms with Crippen LogP contribution in [0.1, 0.15) is 35.6 Å². The molecular formula is C24H32N2O2. The van der Waals surface area contributed by atoms with E-state index in [2.05, 4.69) is 29.3 Å². The summed E-state index contributed by atoms with van der Waals surface area (Å²) in [5.41, 5.74) is 4.63. The lowest BCUT2D eigenvalue weighted by atomic mass is 9.94. The zero-order valence-electron chi connectivity index (χ0n) is 17.6. The number of likely N-dealkylation sites (N-methyl/N-ethyl adjacent to an activating group) is 1. The van der Waals surface area contributed by atoms with Gasteiger partial charge in [-0.25, -0.2) is 0 Å². The van der Waals surface area contributed by atoms with Crippen molar-refractivity contribution < 1.29 is 9.90 Å². The van der Waals surface area contributed by atoms with E-state index in [4.69, 9.17) is 0 Å².